The monoisotopic (exact) mass is 154 g/mol. The van der Waals surface area contributed by atoms with Gasteiger partial charge < -0.3 is 0 Å². The molecule has 0 aromatic heterocycles. The van der Waals surface area contributed by atoms with Crippen molar-refractivity contribution >= 4 is 0 Å². The predicted molar refractivity (Wildman–Crippen MR) is 50.6 cm³/mol. The Morgan fingerprint density at radius 3 is 2.27 bits per heavy atom. The lowest BCUT2D eigenvalue weighted by atomic mass is 9.73. The zero-order valence-electron chi connectivity index (χ0n) is 8.27. The lowest BCUT2D eigenvalue weighted by Gasteiger charge is -2.32. The van der Waals surface area contributed by atoms with E-state index in [2.05, 4.69) is 20.8 Å². The lowest BCUT2D eigenvalue weighted by molar-refractivity contribution is 0.191. The Morgan fingerprint density at radius 2 is 1.91 bits per heavy atom. The van der Waals surface area contributed by atoms with Crippen LogP contribution in [0, 0.1) is 17.8 Å². The van der Waals surface area contributed by atoms with Gasteiger partial charge in [-0.2, -0.15) is 0 Å². The summed E-state index contributed by atoms with van der Waals surface area (Å²) < 4.78 is 0. The van der Waals surface area contributed by atoms with Crippen LogP contribution in [0.3, 0.4) is 0 Å². The predicted octanol–water partition coefficient (Wildman–Crippen LogP) is 3.86. The van der Waals surface area contributed by atoms with E-state index in [-0.39, 0.29) is 0 Å². The molecule has 0 radical (unpaired) electrons. The Kier molecular flexibility index (Phi) is 3.42. The minimum atomic E-state index is 0.950. The van der Waals surface area contributed by atoms with Gasteiger partial charge in [-0.05, 0) is 24.2 Å². The van der Waals surface area contributed by atoms with Crippen molar-refractivity contribution in [3.8, 4) is 0 Å². The van der Waals surface area contributed by atoms with Crippen LogP contribution in [-0.4, -0.2) is 0 Å². The first-order valence-corrected chi connectivity index (χ1v) is 5.24. The van der Waals surface area contributed by atoms with Gasteiger partial charge in [-0.15, -0.1) is 0 Å². The first-order chi connectivity index (χ1) is 5.24. The van der Waals surface area contributed by atoms with Crippen molar-refractivity contribution in [2.75, 3.05) is 0 Å². The van der Waals surface area contributed by atoms with Crippen molar-refractivity contribution in [2.24, 2.45) is 17.8 Å². The molecule has 1 aliphatic rings. The first kappa shape index (κ1) is 9.09. The van der Waals surface area contributed by atoms with Crippen LogP contribution in [0.4, 0.5) is 0 Å². The van der Waals surface area contributed by atoms with Crippen molar-refractivity contribution < 1.29 is 0 Å². The van der Waals surface area contributed by atoms with E-state index >= 15 is 0 Å². The fourth-order valence-electron chi connectivity index (χ4n) is 2.00. The minimum absolute atomic E-state index is 0.950. The van der Waals surface area contributed by atoms with Gasteiger partial charge in [0.1, 0.15) is 0 Å². The Balaban J connectivity index is 2.13. The fourth-order valence-corrected chi connectivity index (χ4v) is 2.00. The number of hydrogen-bond donors (Lipinski definition) is 0. The minimum Gasteiger partial charge on any atom is -0.0651 e. The van der Waals surface area contributed by atoms with Gasteiger partial charge in [-0.25, -0.2) is 0 Å². The summed E-state index contributed by atoms with van der Waals surface area (Å²) in [5, 5.41) is 0. The SMILES string of the molecule is CCC(C)CC(C)C1CCC1. The second kappa shape index (κ2) is 4.13. The van der Waals surface area contributed by atoms with Crippen LogP contribution in [0.25, 0.3) is 0 Å². The molecule has 0 aromatic carbocycles. The summed E-state index contributed by atoms with van der Waals surface area (Å²) in [6.45, 7) is 7.13. The second-order valence-corrected chi connectivity index (χ2v) is 4.42. The van der Waals surface area contributed by atoms with Crippen molar-refractivity contribution in [1.29, 1.82) is 0 Å². The highest BCUT2D eigenvalue weighted by Crippen LogP contribution is 2.36. The average Bonchev–Trinajstić information content (AvgIpc) is 1.83. The van der Waals surface area contributed by atoms with E-state index in [9.17, 15) is 0 Å². The third-order valence-corrected chi connectivity index (χ3v) is 3.43. The fraction of sp³-hybridized carbons (Fsp3) is 1.00. The third kappa shape index (κ3) is 2.50. The molecule has 0 nitrogen and oxygen atoms in total. The van der Waals surface area contributed by atoms with Crippen LogP contribution in [-0.2, 0) is 0 Å². The molecule has 0 saturated heterocycles. The summed E-state index contributed by atoms with van der Waals surface area (Å²) in [5.74, 6) is 3.04. The molecule has 0 heterocycles. The zero-order valence-corrected chi connectivity index (χ0v) is 8.27. The Hall–Kier alpha value is 0. The maximum Gasteiger partial charge on any atom is -0.0388 e. The maximum absolute atomic E-state index is 2.44. The van der Waals surface area contributed by atoms with E-state index in [1.807, 2.05) is 0 Å². The van der Waals surface area contributed by atoms with Gasteiger partial charge in [0.15, 0.2) is 0 Å². The van der Waals surface area contributed by atoms with Crippen molar-refractivity contribution in [2.45, 2.75) is 52.9 Å². The molecule has 1 saturated carbocycles. The summed E-state index contributed by atoms with van der Waals surface area (Å²) in [5.41, 5.74) is 0. The van der Waals surface area contributed by atoms with Crippen molar-refractivity contribution in [3.05, 3.63) is 0 Å². The normalized spacial score (nSPS) is 24.3. The van der Waals surface area contributed by atoms with Crippen LogP contribution in [0.15, 0.2) is 0 Å². The average molecular weight is 154 g/mol. The summed E-state index contributed by atoms with van der Waals surface area (Å²) in [6, 6.07) is 0. The molecular weight excluding hydrogens is 132 g/mol. The van der Waals surface area contributed by atoms with E-state index in [1.54, 1.807) is 0 Å². The number of hydrogen-bond acceptors (Lipinski definition) is 0. The largest absolute Gasteiger partial charge is 0.0651 e. The van der Waals surface area contributed by atoms with Gasteiger partial charge in [0.05, 0.1) is 0 Å². The van der Waals surface area contributed by atoms with Crippen LogP contribution in [0.1, 0.15) is 52.9 Å². The van der Waals surface area contributed by atoms with Crippen LogP contribution < -0.4 is 0 Å². The van der Waals surface area contributed by atoms with Gasteiger partial charge in [0.25, 0.3) is 0 Å². The lowest BCUT2D eigenvalue weighted by Crippen LogP contribution is -2.21. The molecule has 0 heteroatoms. The third-order valence-electron chi connectivity index (χ3n) is 3.43. The zero-order chi connectivity index (χ0) is 8.27. The standard InChI is InChI=1S/C11H22/c1-4-9(2)8-10(3)11-6-5-7-11/h9-11H,4-8H2,1-3H3. The summed E-state index contributed by atoms with van der Waals surface area (Å²) in [6.07, 6.45) is 7.34. The highest BCUT2D eigenvalue weighted by molar-refractivity contribution is 4.75. The molecule has 2 atom stereocenters. The van der Waals surface area contributed by atoms with E-state index in [0.717, 1.165) is 17.8 Å². The number of rotatable bonds is 4. The molecular formula is C11H22. The van der Waals surface area contributed by atoms with E-state index in [0.29, 0.717) is 0 Å². The Bertz CT molecular complexity index is 103. The quantitative estimate of drug-likeness (QED) is 0.577. The van der Waals surface area contributed by atoms with E-state index in [1.165, 1.54) is 32.1 Å². The molecule has 11 heavy (non-hydrogen) atoms. The van der Waals surface area contributed by atoms with Crippen LogP contribution >= 0.6 is 0 Å². The summed E-state index contributed by atoms with van der Waals surface area (Å²) >= 11 is 0. The molecule has 0 spiro atoms. The van der Waals surface area contributed by atoms with Gasteiger partial charge in [-0.3, -0.25) is 0 Å². The Labute approximate surface area is 71.4 Å². The van der Waals surface area contributed by atoms with Gasteiger partial charge in [0, 0.05) is 0 Å². The first-order valence-electron chi connectivity index (χ1n) is 5.24. The van der Waals surface area contributed by atoms with Crippen LogP contribution in [0.2, 0.25) is 0 Å². The molecule has 0 aromatic rings. The molecule has 0 bridgehead atoms. The topological polar surface area (TPSA) is 0 Å². The van der Waals surface area contributed by atoms with Crippen molar-refractivity contribution in [3.63, 3.8) is 0 Å². The van der Waals surface area contributed by atoms with E-state index < -0.39 is 0 Å². The molecule has 0 amide bonds. The smallest absolute Gasteiger partial charge is 0.0388 e. The molecule has 1 fully saturated rings. The molecule has 2 unspecified atom stereocenters. The second-order valence-electron chi connectivity index (χ2n) is 4.42. The van der Waals surface area contributed by atoms with Crippen LogP contribution in [0.5, 0.6) is 0 Å². The molecule has 66 valence electrons. The highest BCUT2D eigenvalue weighted by Gasteiger charge is 2.24. The molecule has 1 rings (SSSR count). The summed E-state index contributed by atoms with van der Waals surface area (Å²) in [7, 11) is 0. The van der Waals surface area contributed by atoms with Gasteiger partial charge in [0.2, 0.25) is 0 Å². The molecule has 0 N–H and O–H groups in total. The van der Waals surface area contributed by atoms with Gasteiger partial charge in [-0.1, -0.05) is 46.5 Å². The van der Waals surface area contributed by atoms with E-state index in [4.69, 9.17) is 0 Å². The highest BCUT2D eigenvalue weighted by atomic mass is 14.3. The maximum atomic E-state index is 2.44. The van der Waals surface area contributed by atoms with Gasteiger partial charge >= 0.3 is 0 Å². The molecule has 1 aliphatic carbocycles. The summed E-state index contributed by atoms with van der Waals surface area (Å²) in [4.78, 5) is 0. The Morgan fingerprint density at radius 1 is 1.27 bits per heavy atom. The van der Waals surface area contributed by atoms with Crippen molar-refractivity contribution in [1.82, 2.24) is 0 Å². The molecule has 0 aliphatic heterocycles.